The predicted molar refractivity (Wildman–Crippen MR) is 118 cm³/mol. The van der Waals surface area contributed by atoms with E-state index < -0.39 is 0 Å². The zero-order valence-electron chi connectivity index (χ0n) is 16.6. The molecule has 0 radical (unpaired) electrons. The van der Waals surface area contributed by atoms with Crippen LogP contribution in [0.25, 0.3) is 10.8 Å². The number of fused-ring (bicyclic) bond motifs is 1. The van der Waals surface area contributed by atoms with Gasteiger partial charge in [0.1, 0.15) is 5.03 Å². The van der Waals surface area contributed by atoms with Crippen molar-refractivity contribution in [2.75, 3.05) is 42.3 Å². The highest BCUT2D eigenvalue weighted by Gasteiger charge is 2.18. The Labute approximate surface area is 174 Å². The van der Waals surface area contributed by atoms with Gasteiger partial charge in [-0.15, -0.1) is 10.2 Å². The van der Waals surface area contributed by atoms with Gasteiger partial charge in [-0.25, -0.2) is 0 Å². The summed E-state index contributed by atoms with van der Waals surface area (Å²) in [6.07, 6.45) is 0. The highest BCUT2D eigenvalue weighted by Crippen LogP contribution is 2.31. The first-order valence-corrected chi connectivity index (χ1v) is 10.7. The minimum absolute atomic E-state index is 0.0458. The molecule has 2 heterocycles. The monoisotopic (exact) mass is 408 g/mol. The summed E-state index contributed by atoms with van der Waals surface area (Å²) in [6.45, 7) is 7.01. The third kappa shape index (κ3) is 4.36. The number of carbonyl (C=O) groups excluding carboxylic acids is 1. The molecule has 1 fully saturated rings. The molecule has 1 N–H and O–H groups in total. The maximum atomic E-state index is 12.5. The second-order valence-corrected chi connectivity index (χ2v) is 8.04. The summed E-state index contributed by atoms with van der Waals surface area (Å²) in [4.78, 5) is 14.7. The molecule has 7 heteroatoms. The fraction of sp³-hybridized carbons (Fsp3) is 0.318. The number of anilines is 2. The Morgan fingerprint density at radius 2 is 1.72 bits per heavy atom. The molecule has 4 rings (SSSR count). The fourth-order valence-corrected chi connectivity index (χ4v) is 4.27. The highest BCUT2D eigenvalue weighted by molar-refractivity contribution is 8.00. The minimum atomic E-state index is -0.0458. The number of hydrogen-bond acceptors (Lipinski definition) is 6. The number of hydrogen-bond donors (Lipinski definition) is 1. The Morgan fingerprint density at radius 3 is 2.45 bits per heavy atom. The van der Waals surface area contributed by atoms with Gasteiger partial charge in [-0.3, -0.25) is 4.79 Å². The van der Waals surface area contributed by atoms with Gasteiger partial charge in [0, 0.05) is 29.5 Å². The van der Waals surface area contributed by atoms with Crippen LogP contribution in [0.1, 0.15) is 11.1 Å². The molecule has 0 bridgehead atoms. The zero-order chi connectivity index (χ0) is 20.2. The molecule has 3 aromatic rings. The number of nitrogens with one attached hydrogen (secondary N) is 1. The lowest BCUT2D eigenvalue weighted by Crippen LogP contribution is -2.37. The molecular formula is C22H24N4O2S. The summed E-state index contributed by atoms with van der Waals surface area (Å²) in [6, 6.07) is 14.1. The van der Waals surface area contributed by atoms with Crippen LogP contribution in [0.15, 0.2) is 47.5 Å². The minimum Gasteiger partial charge on any atom is -0.378 e. The first-order chi connectivity index (χ1) is 14.1. The number of nitrogens with zero attached hydrogens (tertiary/aromatic N) is 3. The molecule has 150 valence electrons. The van der Waals surface area contributed by atoms with E-state index >= 15 is 0 Å². The molecule has 0 aliphatic carbocycles. The molecule has 1 aromatic heterocycles. The van der Waals surface area contributed by atoms with Gasteiger partial charge in [0.15, 0.2) is 5.82 Å². The summed E-state index contributed by atoms with van der Waals surface area (Å²) in [5.74, 6) is 1.12. The van der Waals surface area contributed by atoms with Crippen LogP contribution >= 0.6 is 11.8 Å². The van der Waals surface area contributed by atoms with Gasteiger partial charge >= 0.3 is 0 Å². The average Bonchev–Trinajstić information content (AvgIpc) is 2.75. The molecule has 1 saturated heterocycles. The van der Waals surface area contributed by atoms with E-state index in [1.165, 1.54) is 11.8 Å². The third-order valence-electron chi connectivity index (χ3n) is 5.03. The maximum Gasteiger partial charge on any atom is 0.234 e. The van der Waals surface area contributed by atoms with Crippen molar-refractivity contribution in [1.82, 2.24) is 10.2 Å². The number of ether oxygens (including phenoxy) is 1. The van der Waals surface area contributed by atoms with Crippen LogP contribution in [-0.4, -0.2) is 48.2 Å². The molecule has 2 aromatic carbocycles. The van der Waals surface area contributed by atoms with E-state index in [9.17, 15) is 4.79 Å². The molecule has 1 amide bonds. The van der Waals surface area contributed by atoms with Crippen LogP contribution in [-0.2, 0) is 9.53 Å². The number of rotatable bonds is 5. The molecule has 0 spiro atoms. The lowest BCUT2D eigenvalue weighted by molar-refractivity contribution is -0.113. The van der Waals surface area contributed by atoms with Crippen molar-refractivity contribution in [2.24, 2.45) is 0 Å². The number of thioether (sulfide) groups is 1. The van der Waals surface area contributed by atoms with E-state index in [0.717, 1.165) is 51.5 Å². The van der Waals surface area contributed by atoms with Gasteiger partial charge in [-0.05, 0) is 25.0 Å². The van der Waals surface area contributed by atoms with Crippen LogP contribution in [0.2, 0.25) is 0 Å². The van der Waals surface area contributed by atoms with E-state index in [1.54, 1.807) is 0 Å². The summed E-state index contributed by atoms with van der Waals surface area (Å²) >= 11 is 1.42. The van der Waals surface area contributed by atoms with Crippen molar-refractivity contribution in [3.63, 3.8) is 0 Å². The van der Waals surface area contributed by atoms with Crippen LogP contribution in [0, 0.1) is 13.8 Å². The van der Waals surface area contributed by atoms with Gasteiger partial charge < -0.3 is 15.0 Å². The van der Waals surface area contributed by atoms with E-state index in [0.29, 0.717) is 13.2 Å². The topological polar surface area (TPSA) is 67.4 Å². The quantitative estimate of drug-likeness (QED) is 0.648. The van der Waals surface area contributed by atoms with E-state index in [2.05, 4.69) is 26.5 Å². The number of aryl methyl sites for hydroxylation is 2. The lowest BCUT2D eigenvalue weighted by Gasteiger charge is -2.28. The van der Waals surface area contributed by atoms with E-state index in [1.807, 2.05) is 50.2 Å². The number of morpholine rings is 1. The Balaban J connectivity index is 1.52. The Kier molecular flexibility index (Phi) is 5.97. The number of para-hydroxylation sites is 1. The van der Waals surface area contributed by atoms with Gasteiger partial charge in [0.25, 0.3) is 0 Å². The van der Waals surface area contributed by atoms with Crippen LogP contribution in [0.5, 0.6) is 0 Å². The van der Waals surface area contributed by atoms with Gasteiger partial charge in [0.05, 0.1) is 19.0 Å². The van der Waals surface area contributed by atoms with E-state index in [-0.39, 0.29) is 11.7 Å². The van der Waals surface area contributed by atoms with Crippen LogP contribution < -0.4 is 10.2 Å². The number of benzene rings is 2. The van der Waals surface area contributed by atoms with Gasteiger partial charge in [0.2, 0.25) is 5.91 Å². The first-order valence-electron chi connectivity index (χ1n) is 9.70. The van der Waals surface area contributed by atoms with Crippen molar-refractivity contribution >= 4 is 39.9 Å². The predicted octanol–water partition coefficient (Wildman–Crippen LogP) is 3.81. The Bertz CT molecular complexity index is 1010. The molecule has 0 saturated carbocycles. The Hall–Kier alpha value is -2.64. The van der Waals surface area contributed by atoms with Gasteiger partial charge in [-0.1, -0.05) is 54.2 Å². The summed E-state index contributed by atoms with van der Waals surface area (Å²) in [5.41, 5.74) is 3.00. The molecule has 0 atom stereocenters. The maximum absolute atomic E-state index is 12.5. The first kappa shape index (κ1) is 19.7. The number of aromatic nitrogens is 2. The van der Waals surface area contributed by atoms with Crippen LogP contribution in [0.3, 0.4) is 0 Å². The molecular weight excluding hydrogens is 384 g/mol. The van der Waals surface area contributed by atoms with Crippen LogP contribution in [0.4, 0.5) is 11.5 Å². The summed E-state index contributed by atoms with van der Waals surface area (Å²) in [7, 11) is 0. The second-order valence-electron chi connectivity index (χ2n) is 7.08. The fourth-order valence-electron chi connectivity index (χ4n) is 3.50. The summed E-state index contributed by atoms with van der Waals surface area (Å²) < 4.78 is 5.45. The highest BCUT2D eigenvalue weighted by atomic mass is 32.2. The molecule has 0 unspecified atom stereocenters. The second kappa shape index (κ2) is 8.80. The lowest BCUT2D eigenvalue weighted by atomic mass is 10.1. The van der Waals surface area contributed by atoms with Gasteiger partial charge in [-0.2, -0.15) is 0 Å². The molecule has 29 heavy (non-hydrogen) atoms. The summed E-state index contributed by atoms with van der Waals surface area (Å²) in [5, 5.41) is 14.8. The third-order valence-corrected chi connectivity index (χ3v) is 6.01. The molecule has 1 aliphatic heterocycles. The SMILES string of the molecule is Cc1cccc(C)c1NC(=O)CSc1nnc(N2CCOCC2)c2ccccc12. The number of amides is 1. The van der Waals surface area contributed by atoms with E-state index in [4.69, 9.17) is 4.74 Å². The molecule has 1 aliphatic rings. The van der Waals surface area contributed by atoms with Crippen molar-refractivity contribution in [3.05, 3.63) is 53.6 Å². The van der Waals surface area contributed by atoms with Crippen molar-refractivity contribution < 1.29 is 9.53 Å². The average molecular weight is 409 g/mol. The zero-order valence-corrected chi connectivity index (χ0v) is 17.5. The smallest absolute Gasteiger partial charge is 0.234 e. The standard InChI is InChI=1S/C22H24N4O2S/c1-15-6-5-7-16(2)20(15)23-19(27)14-29-22-18-9-4-3-8-17(18)21(24-25-22)26-10-12-28-13-11-26/h3-9H,10-14H2,1-2H3,(H,23,27). The largest absolute Gasteiger partial charge is 0.378 e. The normalized spacial score (nSPS) is 14.2. The number of carbonyl (C=O) groups is 1. The Morgan fingerprint density at radius 1 is 1.03 bits per heavy atom. The van der Waals surface area contributed by atoms with Crippen molar-refractivity contribution in [1.29, 1.82) is 0 Å². The molecule has 6 nitrogen and oxygen atoms in total. The van der Waals surface area contributed by atoms with Crippen molar-refractivity contribution in [3.8, 4) is 0 Å². The van der Waals surface area contributed by atoms with Crippen molar-refractivity contribution in [2.45, 2.75) is 18.9 Å².